The molecule has 39 heavy (non-hydrogen) atoms. The second-order valence-electron chi connectivity index (χ2n) is 12.1. The minimum Gasteiger partial charge on any atom is -0.465 e. The Labute approximate surface area is 235 Å². The van der Waals surface area contributed by atoms with Crippen LogP contribution in [0.15, 0.2) is 42.5 Å². The number of aliphatic hydroxyl groups is 1. The van der Waals surface area contributed by atoms with Gasteiger partial charge in [-0.1, -0.05) is 50.3 Å². The number of carbonyl (C=O) groups is 3. The van der Waals surface area contributed by atoms with Gasteiger partial charge in [0.2, 0.25) is 5.91 Å². The Hall–Kier alpha value is -2.58. The van der Waals surface area contributed by atoms with Gasteiger partial charge in [0.05, 0.1) is 35.8 Å². The molecular formula is C31H40N2O5S. The van der Waals surface area contributed by atoms with Crippen LogP contribution in [-0.2, 0) is 19.1 Å². The van der Waals surface area contributed by atoms with E-state index in [1.165, 1.54) is 0 Å². The van der Waals surface area contributed by atoms with E-state index in [0.717, 1.165) is 29.7 Å². The monoisotopic (exact) mass is 552 g/mol. The number of benzene rings is 1. The molecule has 1 N–H and O–H groups in total. The van der Waals surface area contributed by atoms with Gasteiger partial charge in [0.15, 0.2) is 0 Å². The molecule has 0 bridgehead atoms. The van der Waals surface area contributed by atoms with Gasteiger partial charge in [-0.3, -0.25) is 14.4 Å². The number of thioether (sulfide) groups is 1. The molecule has 210 valence electrons. The number of aryl methyl sites for hydroxylation is 2. The molecule has 1 spiro atoms. The Balaban J connectivity index is 1.69. The SMILES string of the molecule is Cc1ccc(C)c(N2CC=C[C@]34S[C@]5(C)/C=C\CCCOC(=O)[C@@H]5[C@H]3C(=O)N([C@@H](CO)CC(C)C)C4C2=O)c1. The lowest BCUT2D eigenvalue weighted by Gasteiger charge is -2.40. The Morgan fingerprint density at radius 2 is 1.87 bits per heavy atom. The van der Waals surface area contributed by atoms with Crippen molar-refractivity contribution in [3.63, 3.8) is 0 Å². The molecule has 4 aliphatic rings. The molecule has 6 atom stereocenters. The van der Waals surface area contributed by atoms with Gasteiger partial charge in [0.1, 0.15) is 6.04 Å². The lowest BCUT2D eigenvalue weighted by atomic mass is 9.74. The van der Waals surface area contributed by atoms with Gasteiger partial charge in [-0.25, -0.2) is 0 Å². The predicted octanol–water partition coefficient (Wildman–Crippen LogP) is 4.19. The zero-order valence-electron chi connectivity index (χ0n) is 23.6. The van der Waals surface area contributed by atoms with Crippen molar-refractivity contribution in [2.24, 2.45) is 17.8 Å². The van der Waals surface area contributed by atoms with E-state index in [1.807, 2.05) is 65.0 Å². The molecule has 4 aliphatic heterocycles. The van der Waals surface area contributed by atoms with E-state index >= 15 is 0 Å². The molecule has 8 heteroatoms. The number of esters is 1. The maximum Gasteiger partial charge on any atom is 0.311 e. The van der Waals surface area contributed by atoms with Crippen molar-refractivity contribution < 1.29 is 24.2 Å². The van der Waals surface area contributed by atoms with Gasteiger partial charge in [0.25, 0.3) is 5.91 Å². The quantitative estimate of drug-likeness (QED) is 0.435. The maximum atomic E-state index is 14.7. The first-order valence-electron chi connectivity index (χ1n) is 14.1. The molecule has 2 saturated heterocycles. The third kappa shape index (κ3) is 4.53. The summed E-state index contributed by atoms with van der Waals surface area (Å²) in [5, 5.41) is 10.5. The summed E-state index contributed by atoms with van der Waals surface area (Å²) >= 11 is 1.54. The molecule has 2 amide bonds. The van der Waals surface area contributed by atoms with Crippen LogP contribution in [-0.4, -0.2) is 69.1 Å². The average molecular weight is 553 g/mol. The molecule has 1 unspecified atom stereocenters. The number of amides is 2. The van der Waals surface area contributed by atoms with Gasteiger partial charge in [-0.05, 0) is 63.1 Å². The minimum atomic E-state index is -0.965. The zero-order valence-corrected chi connectivity index (χ0v) is 24.4. The van der Waals surface area contributed by atoms with Crippen LogP contribution in [0.25, 0.3) is 0 Å². The topological polar surface area (TPSA) is 87.2 Å². The van der Waals surface area contributed by atoms with Gasteiger partial charge in [0, 0.05) is 17.0 Å². The number of allylic oxidation sites excluding steroid dienone is 1. The Morgan fingerprint density at radius 3 is 2.59 bits per heavy atom. The third-order valence-electron chi connectivity index (χ3n) is 8.69. The Morgan fingerprint density at radius 1 is 1.10 bits per heavy atom. The molecule has 4 heterocycles. The van der Waals surface area contributed by atoms with Crippen molar-refractivity contribution in [1.29, 1.82) is 0 Å². The summed E-state index contributed by atoms with van der Waals surface area (Å²) < 4.78 is 4.03. The smallest absolute Gasteiger partial charge is 0.311 e. The highest BCUT2D eigenvalue weighted by molar-refractivity contribution is 8.02. The number of anilines is 1. The van der Waals surface area contributed by atoms with E-state index in [1.54, 1.807) is 21.6 Å². The fraction of sp³-hybridized carbons (Fsp3) is 0.581. The van der Waals surface area contributed by atoms with Gasteiger partial charge >= 0.3 is 5.97 Å². The summed E-state index contributed by atoms with van der Waals surface area (Å²) in [5.41, 5.74) is 2.84. The van der Waals surface area contributed by atoms with Crippen molar-refractivity contribution in [1.82, 2.24) is 4.90 Å². The lowest BCUT2D eigenvalue weighted by Crippen LogP contribution is -2.57. The largest absolute Gasteiger partial charge is 0.465 e. The standard InChI is InChI=1S/C31H40N2O5S/c1-19(2)16-22(18-34)33-26-28(36)32(23-17-20(3)10-11-21(23)4)14-9-13-31(26)24(27(33)35)25-29(37)38-15-8-6-7-12-30(25,5)39-31/h7,9-13,17,19,22,24-26,34H,6,8,14-16,18H2,1-5H3/b12-7-/t22-,24+,25+,26?,30-,31+/m1/s1. The third-order valence-corrected chi connectivity index (χ3v) is 10.5. The zero-order chi connectivity index (χ0) is 28.1. The average Bonchev–Trinajstić information content (AvgIpc) is 3.23. The normalized spacial score (nSPS) is 34.0. The van der Waals surface area contributed by atoms with E-state index in [4.69, 9.17) is 4.74 Å². The Bertz CT molecular complexity index is 1230. The summed E-state index contributed by atoms with van der Waals surface area (Å²) in [6.45, 7) is 10.5. The van der Waals surface area contributed by atoms with E-state index < -0.39 is 33.4 Å². The summed E-state index contributed by atoms with van der Waals surface area (Å²) in [7, 11) is 0. The predicted molar refractivity (Wildman–Crippen MR) is 153 cm³/mol. The van der Waals surface area contributed by atoms with Crippen LogP contribution < -0.4 is 4.90 Å². The van der Waals surface area contributed by atoms with Crippen LogP contribution in [0.5, 0.6) is 0 Å². The molecular weight excluding hydrogens is 512 g/mol. The number of hydrogen-bond donors (Lipinski definition) is 1. The van der Waals surface area contributed by atoms with E-state index in [0.29, 0.717) is 19.6 Å². The second-order valence-corrected chi connectivity index (χ2v) is 13.9. The van der Waals surface area contributed by atoms with Crippen LogP contribution in [0.3, 0.4) is 0 Å². The number of aliphatic hydroxyl groups excluding tert-OH is 1. The maximum absolute atomic E-state index is 14.7. The number of nitrogens with zero attached hydrogens (tertiary/aromatic N) is 2. The molecule has 0 radical (unpaired) electrons. The minimum absolute atomic E-state index is 0.174. The van der Waals surface area contributed by atoms with Crippen LogP contribution in [0.2, 0.25) is 0 Å². The summed E-state index contributed by atoms with van der Waals surface area (Å²) in [6, 6.07) is 4.65. The van der Waals surface area contributed by atoms with Crippen LogP contribution in [0, 0.1) is 31.6 Å². The second kappa shape index (κ2) is 10.4. The fourth-order valence-electron chi connectivity index (χ4n) is 7.01. The number of hydrogen-bond acceptors (Lipinski definition) is 6. The molecule has 0 aliphatic carbocycles. The molecule has 0 aromatic heterocycles. The van der Waals surface area contributed by atoms with Crippen molar-refractivity contribution in [3.8, 4) is 0 Å². The fourth-order valence-corrected chi connectivity index (χ4v) is 9.15. The number of likely N-dealkylation sites (tertiary alicyclic amines) is 1. The van der Waals surface area contributed by atoms with Crippen LogP contribution >= 0.6 is 11.8 Å². The van der Waals surface area contributed by atoms with Crippen LogP contribution in [0.4, 0.5) is 5.69 Å². The summed E-state index contributed by atoms with van der Waals surface area (Å²) in [4.78, 5) is 46.3. The lowest BCUT2D eigenvalue weighted by molar-refractivity contribution is -0.154. The first-order chi connectivity index (χ1) is 18.5. The number of cyclic esters (lactones) is 1. The van der Waals surface area contributed by atoms with Crippen LogP contribution in [0.1, 0.15) is 51.2 Å². The number of carbonyl (C=O) groups excluding carboxylic acids is 3. The number of fused-ring (bicyclic) bond motifs is 2. The van der Waals surface area contributed by atoms with Crippen molar-refractivity contribution in [2.75, 3.05) is 24.7 Å². The highest BCUT2D eigenvalue weighted by Crippen LogP contribution is 2.65. The highest BCUT2D eigenvalue weighted by Gasteiger charge is 2.74. The van der Waals surface area contributed by atoms with E-state index in [-0.39, 0.29) is 30.3 Å². The van der Waals surface area contributed by atoms with Crippen molar-refractivity contribution >= 4 is 35.2 Å². The highest BCUT2D eigenvalue weighted by atomic mass is 32.2. The van der Waals surface area contributed by atoms with Gasteiger partial charge in [-0.15, -0.1) is 11.8 Å². The molecule has 0 saturated carbocycles. The molecule has 2 fully saturated rings. The van der Waals surface area contributed by atoms with Gasteiger partial charge < -0.3 is 19.6 Å². The molecule has 1 aromatic rings. The molecule has 5 rings (SSSR count). The van der Waals surface area contributed by atoms with Gasteiger partial charge in [-0.2, -0.15) is 0 Å². The number of rotatable bonds is 5. The van der Waals surface area contributed by atoms with Crippen molar-refractivity contribution in [3.05, 3.63) is 53.6 Å². The van der Waals surface area contributed by atoms with E-state index in [9.17, 15) is 19.5 Å². The molecule has 1 aromatic carbocycles. The summed E-state index contributed by atoms with van der Waals surface area (Å²) in [6.07, 6.45) is 10.2. The van der Waals surface area contributed by atoms with Crippen molar-refractivity contribution in [2.45, 2.75) is 75.5 Å². The first-order valence-corrected chi connectivity index (χ1v) is 14.9. The molecule has 7 nitrogen and oxygen atoms in total. The van der Waals surface area contributed by atoms with E-state index in [2.05, 4.69) is 12.2 Å². The number of ether oxygens (including phenoxy) is 1. The first kappa shape index (κ1) is 28.0. The summed E-state index contributed by atoms with van der Waals surface area (Å²) in [5.74, 6) is -2.10. The Kier molecular flexibility index (Phi) is 7.48.